The number of anilines is 3. The summed E-state index contributed by atoms with van der Waals surface area (Å²) in [6.07, 6.45) is 8.41. The van der Waals surface area contributed by atoms with E-state index in [2.05, 4.69) is 44.4 Å². The Kier molecular flexibility index (Phi) is 9.09. The van der Waals surface area contributed by atoms with Crippen LogP contribution >= 0.6 is 11.6 Å². The van der Waals surface area contributed by atoms with Crippen LogP contribution in [0.15, 0.2) is 48.8 Å². The van der Waals surface area contributed by atoms with Crippen LogP contribution in [0.3, 0.4) is 0 Å². The van der Waals surface area contributed by atoms with E-state index in [-0.39, 0.29) is 10.9 Å². The summed E-state index contributed by atoms with van der Waals surface area (Å²) in [5.74, 6) is 1.47. The van der Waals surface area contributed by atoms with Gasteiger partial charge in [-0.05, 0) is 62.4 Å². The minimum Gasteiger partial charge on any atom is -0.491 e. The topological polar surface area (TPSA) is 91.8 Å². The number of carbonyl (C=O) groups is 1. The molecule has 4 unspecified atom stereocenters. The van der Waals surface area contributed by atoms with Crippen molar-refractivity contribution in [3.8, 4) is 5.75 Å². The molecular weight excluding hydrogens is 571 g/mol. The molecule has 4 aliphatic heterocycles. The van der Waals surface area contributed by atoms with E-state index in [1.165, 1.54) is 18.5 Å². The number of benzene rings is 2. The third kappa shape index (κ3) is 7.09. The number of nitrogens with zero attached hydrogens (tertiary/aromatic N) is 4. The predicted molar refractivity (Wildman–Crippen MR) is 167 cm³/mol. The summed E-state index contributed by atoms with van der Waals surface area (Å²) in [6.45, 7) is 7.32. The third-order valence-corrected chi connectivity index (χ3v) is 9.07. The number of ether oxygens (including phenoxy) is 2. The zero-order valence-corrected chi connectivity index (χ0v) is 25.3. The largest absolute Gasteiger partial charge is 0.491 e. The van der Waals surface area contributed by atoms with E-state index in [1.807, 2.05) is 18.2 Å². The highest BCUT2D eigenvalue weighted by Gasteiger charge is 2.33. The fourth-order valence-electron chi connectivity index (χ4n) is 6.43. The average Bonchev–Trinajstić information content (AvgIpc) is 3.32. The summed E-state index contributed by atoms with van der Waals surface area (Å²) >= 11 is 5.99. The zero-order valence-electron chi connectivity index (χ0n) is 24.6. The third-order valence-electron chi connectivity index (χ3n) is 8.78. The Hall–Kier alpha value is -3.31. The van der Waals surface area contributed by atoms with Crippen molar-refractivity contribution in [1.82, 2.24) is 19.8 Å². The van der Waals surface area contributed by atoms with E-state index in [4.69, 9.17) is 21.1 Å². The van der Waals surface area contributed by atoms with Gasteiger partial charge < -0.3 is 25.0 Å². The summed E-state index contributed by atoms with van der Waals surface area (Å²) in [6, 6.07) is 8.44. The van der Waals surface area contributed by atoms with Crippen LogP contribution in [-0.2, 0) is 9.53 Å². The molecule has 7 rings (SSSR count). The van der Waals surface area contributed by atoms with Gasteiger partial charge in [-0.3, -0.25) is 9.69 Å². The molecule has 43 heavy (non-hydrogen) atoms. The Bertz CT molecular complexity index is 1500. The number of aromatic nitrogens is 2. The van der Waals surface area contributed by atoms with Gasteiger partial charge in [0.2, 0.25) is 5.91 Å². The van der Waals surface area contributed by atoms with Crippen molar-refractivity contribution in [3.63, 3.8) is 0 Å². The van der Waals surface area contributed by atoms with Gasteiger partial charge in [0.15, 0.2) is 0 Å². The molecule has 4 atom stereocenters. The highest BCUT2D eigenvalue weighted by Crippen LogP contribution is 2.35. The van der Waals surface area contributed by atoms with E-state index in [9.17, 15) is 9.18 Å². The van der Waals surface area contributed by atoms with Crippen molar-refractivity contribution in [1.29, 1.82) is 0 Å². The quantitative estimate of drug-likeness (QED) is 0.292. The second-order valence-corrected chi connectivity index (χ2v) is 12.4. The predicted octanol–water partition coefficient (Wildman–Crippen LogP) is 5.49. The van der Waals surface area contributed by atoms with Gasteiger partial charge in [-0.2, -0.15) is 0 Å². The second kappa shape index (κ2) is 13.1. The number of amides is 1. The Morgan fingerprint density at radius 3 is 2.81 bits per heavy atom. The van der Waals surface area contributed by atoms with Gasteiger partial charge in [-0.25, -0.2) is 14.4 Å². The van der Waals surface area contributed by atoms with Crippen LogP contribution in [0.25, 0.3) is 10.9 Å². The normalized spacial score (nSPS) is 24.2. The number of hydrogen-bond donors (Lipinski definition) is 2. The van der Waals surface area contributed by atoms with Crippen LogP contribution in [0, 0.1) is 17.7 Å². The molecule has 11 heteroatoms. The van der Waals surface area contributed by atoms with Crippen molar-refractivity contribution in [2.75, 3.05) is 57.1 Å². The van der Waals surface area contributed by atoms with Gasteiger partial charge in [0.1, 0.15) is 23.7 Å². The molecule has 228 valence electrons. The molecule has 3 aromatic rings. The Morgan fingerprint density at radius 1 is 1.21 bits per heavy atom. The molecule has 0 spiro atoms. The number of hydrogen-bond acceptors (Lipinski definition) is 8. The summed E-state index contributed by atoms with van der Waals surface area (Å²) in [5.41, 5.74) is 1.75. The maximum absolute atomic E-state index is 13.7. The lowest BCUT2D eigenvalue weighted by atomic mass is 9.95. The Balaban J connectivity index is 1.21. The van der Waals surface area contributed by atoms with E-state index < -0.39 is 5.82 Å². The van der Waals surface area contributed by atoms with Crippen molar-refractivity contribution in [2.24, 2.45) is 11.8 Å². The number of piperidine rings is 1. The summed E-state index contributed by atoms with van der Waals surface area (Å²) in [4.78, 5) is 26.7. The van der Waals surface area contributed by atoms with Crippen molar-refractivity contribution in [2.45, 2.75) is 38.3 Å². The van der Waals surface area contributed by atoms with Crippen molar-refractivity contribution >= 4 is 45.6 Å². The van der Waals surface area contributed by atoms with Crippen LogP contribution in [0.4, 0.5) is 21.6 Å². The fourth-order valence-corrected chi connectivity index (χ4v) is 6.61. The highest BCUT2D eigenvalue weighted by atomic mass is 35.5. The number of fused-ring (bicyclic) bond motifs is 4. The summed E-state index contributed by atoms with van der Waals surface area (Å²) in [7, 11) is 2.15. The summed E-state index contributed by atoms with van der Waals surface area (Å²) < 4.78 is 25.8. The van der Waals surface area contributed by atoms with Crippen LogP contribution in [0.1, 0.15) is 26.2 Å². The average molecular weight is 609 g/mol. The molecule has 4 saturated heterocycles. The van der Waals surface area contributed by atoms with Gasteiger partial charge in [-0.15, -0.1) is 0 Å². The van der Waals surface area contributed by atoms with E-state index in [1.54, 1.807) is 12.1 Å². The first-order valence-electron chi connectivity index (χ1n) is 15.0. The molecule has 0 saturated carbocycles. The molecule has 4 fully saturated rings. The molecule has 2 N–H and O–H groups in total. The number of morpholine rings is 1. The van der Waals surface area contributed by atoms with Crippen LogP contribution in [0.2, 0.25) is 5.02 Å². The molecular formula is C32H38ClFN6O3. The first-order valence-corrected chi connectivity index (χ1v) is 15.4. The smallest absolute Gasteiger partial charge is 0.248 e. The minimum absolute atomic E-state index is 0.00599. The molecule has 1 amide bonds. The fraction of sp³-hybridized carbons (Fsp3) is 0.469. The van der Waals surface area contributed by atoms with Gasteiger partial charge in [-0.1, -0.05) is 24.6 Å². The van der Waals surface area contributed by atoms with Gasteiger partial charge in [0.05, 0.1) is 35.5 Å². The standard InChI is InChI=1S/C32H38ClFN6O3/c1-20-15-39(2)16-21(20)9-11-42-30-14-28-25(32(36-19-35-28)37-22-5-8-27(34)26(33)12-22)13-29(30)38-31(41)4-3-10-40-17-24-7-6-23(40)18-43-24/h3-5,8,12-14,19-21,23-24H,6-7,9-11,15-18H2,1-2H3,(H,38,41)(H,35,36,37)/b4-3+. The van der Waals surface area contributed by atoms with E-state index in [0.717, 1.165) is 45.5 Å². The monoisotopic (exact) mass is 608 g/mol. The van der Waals surface area contributed by atoms with Crippen LogP contribution in [0.5, 0.6) is 5.75 Å². The van der Waals surface area contributed by atoms with Crippen LogP contribution in [-0.4, -0.2) is 84.3 Å². The molecule has 0 radical (unpaired) electrons. The molecule has 0 aliphatic carbocycles. The van der Waals surface area contributed by atoms with Gasteiger partial charge in [0, 0.05) is 55.4 Å². The van der Waals surface area contributed by atoms with Crippen molar-refractivity contribution in [3.05, 3.63) is 59.7 Å². The first-order chi connectivity index (χ1) is 20.8. The van der Waals surface area contributed by atoms with Crippen molar-refractivity contribution < 1.29 is 18.7 Å². The Morgan fingerprint density at radius 2 is 2.09 bits per heavy atom. The number of rotatable bonds is 10. The highest BCUT2D eigenvalue weighted by molar-refractivity contribution is 6.31. The second-order valence-electron chi connectivity index (χ2n) is 12.0. The molecule has 1 aromatic heterocycles. The first kappa shape index (κ1) is 29.7. The zero-order chi connectivity index (χ0) is 29.9. The number of likely N-dealkylation sites (tertiary alicyclic amines) is 1. The molecule has 2 bridgehead atoms. The summed E-state index contributed by atoms with van der Waals surface area (Å²) in [5, 5.41) is 6.90. The number of halogens is 2. The minimum atomic E-state index is -0.501. The van der Waals surface area contributed by atoms with Gasteiger partial charge in [0.25, 0.3) is 0 Å². The van der Waals surface area contributed by atoms with E-state index in [0.29, 0.717) is 71.0 Å². The number of carbonyl (C=O) groups excluding carboxylic acids is 1. The molecule has 4 aliphatic rings. The van der Waals surface area contributed by atoms with Crippen LogP contribution < -0.4 is 15.4 Å². The molecule has 2 aromatic carbocycles. The SMILES string of the molecule is CC1CN(C)CC1CCOc1cc2ncnc(Nc3ccc(F)c(Cl)c3)c2cc1NC(=O)/C=C/CN1CC2CCC1CO2. The van der Waals surface area contributed by atoms with Gasteiger partial charge >= 0.3 is 0 Å². The number of nitrogens with one attached hydrogen (secondary N) is 2. The molecule has 9 nitrogen and oxygen atoms in total. The maximum Gasteiger partial charge on any atom is 0.248 e. The molecule has 5 heterocycles. The lowest BCUT2D eigenvalue weighted by Gasteiger charge is -2.44. The van der Waals surface area contributed by atoms with E-state index >= 15 is 0 Å². The lowest BCUT2D eigenvalue weighted by Crippen LogP contribution is -2.54. The Labute approximate surface area is 256 Å². The maximum atomic E-state index is 13.7. The lowest BCUT2D eigenvalue weighted by molar-refractivity contribution is -0.112.